The van der Waals surface area contributed by atoms with Gasteiger partial charge in [0.05, 0.1) is 17.2 Å². The van der Waals surface area contributed by atoms with Crippen LogP contribution in [0.2, 0.25) is 0 Å². The second-order valence-corrected chi connectivity index (χ2v) is 2.73. The van der Waals surface area contributed by atoms with Crippen molar-refractivity contribution in [3.8, 4) is 0 Å². The molecule has 0 aliphatic rings. The normalized spacial score (nSPS) is 11.1. The lowest BCUT2D eigenvalue weighted by Crippen LogP contribution is -1.85. The number of H-pyrrole nitrogens is 1. The van der Waals surface area contributed by atoms with Crippen LogP contribution in [0, 0.1) is 0 Å². The minimum absolute atomic E-state index is 0.789. The summed E-state index contributed by atoms with van der Waals surface area (Å²) in [6, 6.07) is 3.73. The molecule has 0 bridgehead atoms. The lowest BCUT2D eigenvalue weighted by Gasteiger charge is -1.94. The highest BCUT2D eigenvalue weighted by molar-refractivity contribution is 5.87. The molecule has 0 spiro atoms. The summed E-state index contributed by atoms with van der Waals surface area (Å²) in [5, 5.41) is 14.4. The Labute approximate surface area is 72.8 Å². The predicted octanol–water partition coefficient (Wildman–Crippen LogP) is 0.901. The SMILES string of the molecule is c1cc2nc3cnnc3cc2[nH]n1. The van der Waals surface area contributed by atoms with Gasteiger partial charge in [-0.15, -0.1) is 5.10 Å². The smallest absolute Gasteiger partial charge is 0.115 e. The minimum Gasteiger partial charge on any atom is -0.276 e. The molecule has 0 aliphatic heterocycles. The van der Waals surface area contributed by atoms with Crippen molar-refractivity contribution in [2.24, 2.45) is 0 Å². The number of nitrogens with one attached hydrogen (secondary N) is 1. The summed E-state index contributed by atoms with van der Waals surface area (Å²) in [6.45, 7) is 0. The van der Waals surface area contributed by atoms with E-state index in [0.717, 1.165) is 22.1 Å². The van der Waals surface area contributed by atoms with Crippen LogP contribution in [0.5, 0.6) is 0 Å². The van der Waals surface area contributed by atoms with Crippen molar-refractivity contribution < 1.29 is 0 Å². The molecule has 5 nitrogen and oxygen atoms in total. The third-order valence-corrected chi connectivity index (χ3v) is 1.90. The van der Waals surface area contributed by atoms with Gasteiger partial charge in [-0.1, -0.05) is 0 Å². The van der Waals surface area contributed by atoms with E-state index < -0.39 is 0 Å². The third-order valence-electron chi connectivity index (χ3n) is 1.90. The summed E-state index contributed by atoms with van der Waals surface area (Å²) in [5.74, 6) is 0. The molecular weight excluding hydrogens is 166 g/mol. The van der Waals surface area contributed by atoms with Crippen molar-refractivity contribution in [2.75, 3.05) is 0 Å². The van der Waals surface area contributed by atoms with Crippen molar-refractivity contribution in [1.82, 2.24) is 25.4 Å². The van der Waals surface area contributed by atoms with Gasteiger partial charge in [-0.05, 0) is 12.1 Å². The molecule has 0 unspecified atom stereocenters. The molecule has 0 saturated heterocycles. The fraction of sp³-hybridized carbons (Fsp3) is 0. The maximum absolute atomic E-state index is 4.34. The Morgan fingerprint density at radius 2 is 2.15 bits per heavy atom. The van der Waals surface area contributed by atoms with Gasteiger partial charge in [0.25, 0.3) is 0 Å². The second-order valence-electron chi connectivity index (χ2n) is 2.73. The van der Waals surface area contributed by atoms with Crippen molar-refractivity contribution in [3.63, 3.8) is 0 Å². The van der Waals surface area contributed by atoms with Crippen LogP contribution < -0.4 is 0 Å². The van der Waals surface area contributed by atoms with Crippen molar-refractivity contribution in [2.45, 2.75) is 0 Å². The van der Waals surface area contributed by atoms with Gasteiger partial charge in [0.15, 0.2) is 0 Å². The molecule has 1 N–H and O–H groups in total. The van der Waals surface area contributed by atoms with Crippen LogP contribution in [-0.4, -0.2) is 25.4 Å². The summed E-state index contributed by atoms with van der Waals surface area (Å²) < 4.78 is 0. The summed E-state index contributed by atoms with van der Waals surface area (Å²) in [4.78, 5) is 4.34. The van der Waals surface area contributed by atoms with E-state index in [-0.39, 0.29) is 0 Å². The van der Waals surface area contributed by atoms with Gasteiger partial charge in [0, 0.05) is 6.20 Å². The number of pyridine rings is 1. The molecule has 62 valence electrons. The van der Waals surface area contributed by atoms with Crippen LogP contribution in [0.4, 0.5) is 0 Å². The number of fused-ring (bicyclic) bond motifs is 2. The zero-order valence-electron chi connectivity index (χ0n) is 6.60. The lowest BCUT2D eigenvalue weighted by atomic mass is 10.3. The van der Waals surface area contributed by atoms with Crippen LogP contribution in [0.3, 0.4) is 0 Å². The van der Waals surface area contributed by atoms with Crippen LogP contribution >= 0.6 is 0 Å². The molecule has 0 aromatic carbocycles. The molecule has 0 fully saturated rings. The maximum atomic E-state index is 4.34. The molecule has 3 aromatic rings. The molecule has 3 rings (SSSR count). The van der Waals surface area contributed by atoms with E-state index in [4.69, 9.17) is 0 Å². The Hall–Kier alpha value is -2.04. The molecule has 0 atom stereocenters. The van der Waals surface area contributed by atoms with E-state index in [1.165, 1.54) is 0 Å². The van der Waals surface area contributed by atoms with Gasteiger partial charge in [0.2, 0.25) is 0 Å². The number of rotatable bonds is 0. The molecule has 3 heterocycles. The average molecular weight is 171 g/mol. The van der Waals surface area contributed by atoms with Gasteiger partial charge >= 0.3 is 0 Å². The molecule has 0 amide bonds. The highest BCUT2D eigenvalue weighted by Crippen LogP contribution is 2.13. The zero-order valence-corrected chi connectivity index (χ0v) is 6.60. The van der Waals surface area contributed by atoms with Crippen LogP contribution in [-0.2, 0) is 0 Å². The van der Waals surface area contributed by atoms with Crippen molar-refractivity contribution in [1.29, 1.82) is 0 Å². The number of hydrogen-bond donors (Lipinski definition) is 1. The quantitative estimate of drug-likeness (QED) is 0.545. The molecule has 3 aromatic heterocycles. The number of aromatic nitrogens is 5. The Morgan fingerprint density at radius 1 is 1.15 bits per heavy atom. The van der Waals surface area contributed by atoms with Gasteiger partial charge < -0.3 is 0 Å². The van der Waals surface area contributed by atoms with Gasteiger partial charge in [-0.25, -0.2) is 4.98 Å². The van der Waals surface area contributed by atoms with E-state index >= 15 is 0 Å². The fourth-order valence-corrected chi connectivity index (χ4v) is 1.28. The van der Waals surface area contributed by atoms with E-state index in [1.54, 1.807) is 12.4 Å². The molecule has 0 aliphatic carbocycles. The van der Waals surface area contributed by atoms with Crippen molar-refractivity contribution >= 4 is 22.1 Å². The summed E-state index contributed by atoms with van der Waals surface area (Å²) in [5.41, 5.74) is 3.34. The first-order valence-corrected chi connectivity index (χ1v) is 3.85. The van der Waals surface area contributed by atoms with E-state index in [2.05, 4.69) is 25.4 Å². The van der Waals surface area contributed by atoms with Crippen LogP contribution in [0.25, 0.3) is 22.1 Å². The third kappa shape index (κ3) is 0.868. The average Bonchev–Trinajstić information content (AvgIpc) is 2.61. The predicted molar refractivity (Wildman–Crippen MR) is 47.0 cm³/mol. The second kappa shape index (κ2) is 2.22. The summed E-state index contributed by atoms with van der Waals surface area (Å²) in [6.07, 6.45) is 3.32. The van der Waals surface area contributed by atoms with Gasteiger partial charge in [-0.3, -0.25) is 5.10 Å². The Balaban J connectivity index is 2.57. The van der Waals surface area contributed by atoms with Gasteiger partial charge in [0.1, 0.15) is 11.0 Å². The molecule has 13 heavy (non-hydrogen) atoms. The lowest BCUT2D eigenvalue weighted by molar-refractivity contribution is 1.07. The minimum atomic E-state index is 0.789. The van der Waals surface area contributed by atoms with E-state index in [9.17, 15) is 0 Å². The summed E-state index contributed by atoms with van der Waals surface area (Å²) >= 11 is 0. The molecule has 0 radical (unpaired) electrons. The van der Waals surface area contributed by atoms with Crippen LogP contribution in [0.1, 0.15) is 0 Å². The van der Waals surface area contributed by atoms with Crippen molar-refractivity contribution in [3.05, 3.63) is 24.5 Å². The highest BCUT2D eigenvalue weighted by atomic mass is 15.1. The number of aromatic amines is 1. The first-order chi connectivity index (χ1) is 6.43. The molecule has 0 saturated carbocycles. The largest absolute Gasteiger partial charge is 0.276 e. The molecular formula is C8H5N5. The molecule has 5 heteroatoms. The fourth-order valence-electron chi connectivity index (χ4n) is 1.28. The Kier molecular flexibility index (Phi) is 1.11. The van der Waals surface area contributed by atoms with E-state index in [1.807, 2.05) is 12.1 Å². The Morgan fingerprint density at radius 3 is 3.15 bits per heavy atom. The first-order valence-electron chi connectivity index (χ1n) is 3.85. The monoisotopic (exact) mass is 171 g/mol. The van der Waals surface area contributed by atoms with Crippen LogP contribution in [0.15, 0.2) is 24.5 Å². The summed E-state index contributed by atoms with van der Waals surface area (Å²) in [7, 11) is 0. The first kappa shape index (κ1) is 6.47. The van der Waals surface area contributed by atoms with Gasteiger partial charge in [-0.2, -0.15) is 10.2 Å². The van der Waals surface area contributed by atoms with E-state index in [0.29, 0.717) is 0 Å². The highest BCUT2D eigenvalue weighted by Gasteiger charge is 2.00. The maximum Gasteiger partial charge on any atom is 0.115 e. The number of nitrogens with zero attached hydrogens (tertiary/aromatic N) is 4. The number of hydrogen-bond acceptors (Lipinski definition) is 4. The standard InChI is InChI=1S/C8H5N5/c1-2-9-12-6-3-7-8(4-10-13-7)11-5(1)6/h1-4,12H. The zero-order chi connectivity index (χ0) is 8.67. The Bertz CT molecular complexity index is 521. The topological polar surface area (TPSA) is 67.3 Å².